The quantitative estimate of drug-likeness (QED) is 0.945. The highest BCUT2D eigenvalue weighted by Gasteiger charge is 2.19. The lowest BCUT2D eigenvalue weighted by Crippen LogP contribution is -2.19. The molecule has 0 aliphatic heterocycles. The largest absolute Gasteiger partial charge is 0.324 e. The molecular weight excluding hydrogens is 274 g/mol. The molecule has 2 aromatic rings. The smallest absolute Gasteiger partial charge is 0.246 e. The average molecular weight is 297 g/mol. The normalized spacial score (nSPS) is 17.1. The third-order valence-corrected chi connectivity index (χ3v) is 4.33. The van der Waals surface area contributed by atoms with Crippen LogP contribution in [0.1, 0.15) is 35.7 Å². The van der Waals surface area contributed by atoms with Gasteiger partial charge in [0.05, 0.1) is 5.69 Å². The van der Waals surface area contributed by atoms with Crippen LogP contribution in [0.3, 0.4) is 0 Å². The van der Waals surface area contributed by atoms with Crippen LogP contribution in [0.15, 0.2) is 24.4 Å². The Bertz CT molecular complexity index is 702. The van der Waals surface area contributed by atoms with Crippen LogP contribution >= 0.6 is 0 Å². The number of nitrogens with one attached hydrogen (secondary N) is 1. The Labute approximate surface area is 131 Å². The van der Waals surface area contributed by atoms with Crippen LogP contribution in [0, 0.1) is 19.8 Å². The van der Waals surface area contributed by atoms with Crippen molar-refractivity contribution in [3.05, 3.63) is 46.8 Å². The molecule has 1 heterocycles. The fourth-order valence-corrected chi connectivity index (χ4v) is 3.12. The fraction of sp³-hybridized carbons (Fsp3) is 0.444. The second kappa shape index (κ2) is 5.95. The van der Waals surface area contributed by atoms with E-state index in [1.807, 2.05) is 32.2 Å². The molecule has 0 saturated heterocycles. The molecule has 0 fully saturated rings. The van der Waals surface area contributed by atoms with Gasteiger partial charge in [-0.15, -0.1) is 0 Å². The summed E-state index contributed by atoms with van der Waals surface area (Å²) in [6.45, 7) is 6.60. The summed E-state index contributed by atoms with van der Waals surface area (Å²) >= 11 is 0. The van der Waals surface area contributed by atoms with Crippen molar-refractivity contribution in [2.75, 3.05) is 5.32 Å². The zero-order valence-electron chi connectivity index (χ0n) is 13.5. The molecule has 3 rings (SSSR count). The van der Waals surface area contributed by atoms with Crippen LogP contribution in [-0.2, 0) is 24.2 Å². The Morgan fingerprint density at radius 3 is 3.00 bits per heavy atom. The number of benzene rings is 1. The monoisotopic (exact) mass is 297 g/mol. The van der Waals surface area contributed by atoms with Crippen molar-refractivity contribution in [2.24, 2.45) is 5.92 Å². The van der Waals surface area contributed by atoms with Gasteiger partial charge in [0.2, 0.25) is 5.91 Å². The first kappa shape index (κ1) is 14.8. The third-order valence-electron chi connectivity index (χ3n) is 4.33. The lowest BCUT2D eigenvalue weighted by Gasteiger charge is -2.15. The number of fused-ring (bicyclic) bond motifs is 1. The Morgan fingerprint density at radius 2 is 2.23 bits per heavy atom. The van der Waals surface area contributed by atoms with Crippen molar-refractivity contribution in [3.8, 4) is 0 Å². The van der Waals surface area contributed by atoms with Gasteiger partial charge < -0.3 is 5.32 Å². The highest BCUT2D eigenvalue weighted by Crippen LogP contribution is 2.24. The molecule has 1 N–H and O–H groups in total. The van der Waals surface area contributed by atoms with Gasteiger partial charge in [-0.25, -0.2) is 0 Å². The Kier molecular flexibility index (Phi) is 4.01. The molecule has 0 saturated carbocycles. The van der Waals surface area contributed by atoms with Crippen molar-refractivity contribution < 1.29 is 4.79 Å². The van der Waals surface area contributed by atoms with Crippen molar-refractivity contribution in [1.29, 1.82) is 0 Å². The molecule has 1 aromatic heterocycles. The molecule has 1 amide bonds. The molecule has 4 heteroatoms. The van der Waals surface area contributed by atoms with Gasteiger partial charge in [0.1, 0.15) is 6.54 Å². The summed E-state index contributed by atoms with van der Waals surface area (Å²) in [5, 5.41) is 7.53. The summed E-state index contributed by atoms with van der Waals surface area (Å²) in [5.41, 5.74) is 5.63. The van der Waals surface area contributed by atoms with Gasteiger partial charge in [-0.3, -0.25) is 9.48 Å². The minimum atomic E-state index is -0.0279. The van der Waals surface area contributed by atoms with Gasteiger partial charge in [0.25, 0.3) is 0 Å². The van der Waals surface area contributed by atoms with E-state index >= 15 is 0 Å². The van der Waals surface area contributed by atoms with Gasteiger partial charge in [-0.05, 0) is 56.2 Å². The van der Waals surface area contributed by atoms with E-state index < -0.39 is 0 Å². The maximum absolute atomic E-state index is 12.2. The van der Waals surface area contributed by atoms with E-state index in [1.54, 1.807) is 4.68 Å². The van der Waals surface area contributed by atoms with E-state index in [9.17, 15) is 4.79 Å². The topological polar surface area (TPSA) is 46.9 Å². The maximum atomic E-state index is 12.2. The van der Waals surface area contributed by atoms with Crippen LogP contribution < -0.4 is 5.32 Å². The summed E-state index contributed by atoms with van der Waals surface area (Å²) in [5.74, 6) is 0.689. The number of amides is 1. The first-order valence-electron chi connectivity index (χ1n) is 7.93. The first-order valence-corrected chi connectivity index (χ1v) is 7.93. The van der Waals surface area contributed by atoms with Crippen molar-refractivity contribution in [2.45, 2.75) is 46.6 Å². The second-order valence-electron chi connectivity index (χ2n) is 6.51. The van der Waals surface area contributed by atoms with Crippen molar-refractivity contribution in [3.63, 3.8) is 0 Å². The molecule has 0 spiro atoms. The van der Waals surface area contributed by atoms with Gasteiger partial charge in [0, 0.05) is 11.9 Å². The van der Waals surface area contributed by atoms with Crippen molar-refractivity contribution >= 4 is 11.6 Å². The number of nitrogens with zero attached hydrogens (tertiary/aromatic N) is 2. The first-order chi connectivity index (χ1) is 10.5. The summed E-state index contributed by atoms with van der Waals surface area (Å²) in [4.78, 5) is 12.2. The van der Waals surface area contributed by atoms with Gasteiger partial charge in [-0.1, -0.05) is 24.6 Å². The van der Waals surface area contributed by atoms with E-state index in [4.69, 9.17) is 0 Å². The molecule has 1 atom stereocenters. The zero-order valence-corrected chi connectivity index (χ0v) is 13.5. The number of aryl methyl sites for hydroxylation is 3. The number of hydrogen-bond donors (Lipinski definition) is 1. The van der Waals surface area contributed by atoms with Crippen LogP contribution in [-0.4, -0.2) is 15.7 Å². The van der Waals surface area contributed by atoms with E-state index in [1.165, 1.54) is 17.5 Å². The lowest BCUT2D eigenvalue weighted by atomic mass is 9.89. The number of carbonyl (C=O) groups is 1. The number of rotatable bonds is 3. The third kappa shape index (κ3) is 3.21. The van der Waals surface area contributed by atoms with Crippen LogP contribution in [0.5, 0.6) is 0 Å². The van der Waals surface area contributed by atoms with Crippen LogP contribution in [0.4, 0.5) is 5.69 Å². The molecule has 0 unspecified atom stereocenters. The van der Waals surface area contributed by atoms with Crippen molar-refractivity contribution in [1.82, 2.24) is 9.78 Å². The molecule has 0 radical (unpaired) electrons. The molecule has 1 aliphatic carbocycles. The molecule has 1 aromatic carbocycles. The molecule has 0 bridgehead atoms. The van der Waals surface area contributed by atoms with Crippen LogP contribution in [0.25, 0.3) is 0 Å². The Hall–Kier alpha value is -2.10. The summed E-state index contributed by atoms with van der Waals surface area (Å²) in [6, 6.07) is 6.04. The number of anilines is 1. The maximum Gasteiger partial charge on any atom is 0.246 e. The number of carbonyl (C=O) groups excluding carboxylic acids is 1. The average Bonchev–Trinajstić information content (AvgIpc) is 2.83. The minimum absolute atomic E-state index is 0.0279. The summed E-state index contributed by atoms with van der Waals surface area (Å²) in [7, 11) is 0. The number of aromatic nitrogens is 2. The predicted molar refractivity (Wildman–Crippen MR) is 88.0 cm³/mol. The Balaban J connectivity index is 1.67. The lowest BCUT2D eigenvalue weighted by molar-refractivity contribution is -0.116. The fourth-order valence-electron chi connectivity index (χ4n) is 3.12. The highest BCUT2D eigenvalue weighted by atomic mass is 16.2. The predicted octanol–water partition coefficient (Wildman–Crippen LogP) is 3.26. The van der Waals surface area contributed by atoms with Gasteiger partial charge in [0.15, 0.2) is 0 Å². The SMILES string of the molecule is Cc1ccc(NC(=O)Cn2cc3c(n2)CC[C@H](C)C3)c(C)c1. The molecular formula is C18H23N3O. The van der Waals surface area contributed by atoms with E-state index in [-0.39, 0.29) is 12.5 Å². The van der Waals surface area contributed by atoms with E-state index in [2.05, 4.69) is 23.4 Å². The van der Waals surface area contributed by atoms with Crippen LogP contribution in [0.2, 0.25) is 0 Å². The molecule has 4 nitrogen and oxygen atoms in total. The second-order valence-corrected chi connectivity index (χ2v) is 6.51. The summed E-state index contributed by atoms with van der Waals surface area (Å²) in [6.07, 6.45) is 5.33. The van der Waals surface area contributed by atoms with Gasteiger partial charge in [-0.2, -0.15) is 5.10 Å². The van der Waals surface area contributed by atoms with Gasteiger partial charge >= 0.3 is 0 Å². The standard InChI is InChI=1S/C18H23N3O/c1-12-4-6-16(14(3)8-12)19-18(22)11-21-10-15-9-13(2)5-7-17(15)20-21/h4,6,8,10,13H,5,7,9,11H2,1-3H3,(H,19,22)/t13-/m0/s1. The number of hydrogen-bond acceptors (Lipinski definition) is 2. The molecule has 1 aliphatic rings. The molecule has 22 heavy (non-hydrogen) atoms. The zero-order chi connectivity index (χ0) is 15.7. The highest BCUT2D eigenvalue weighted by molar-refractivity contribution is 5.91. The molecule has 116 valence electrons. The minimum Gasteiger partial charge on any atom is -0.324 e. The van der Waals surface area contributed by atoms with E-state index in [0.29, 0.717) is 5.92 Å². The summed E-state index contributed by atoms with van der Waals surface area (Å²) < 4.78 is 1.78. The Morgan fingerprint density at radius 1 is 1.41 bits per heavy atom. The van der Waals surface area contributed by atoms with E-state index in [0.717, 1.165) is 29.8 Å².